The van der Waals surface area contributed by atoms with E-state index < -0.39 is 16.9 Å². The number of hydrogen-bond acceptors (Lipinski definition) is 5. The molecule has 0 saturated carbocycles. The molecule has 1 amide bonds. The second-order valence-electron chi connectivity index (χ2n) is 3.56. The Bertz CT molecular complexity index is 405. The first kappa shape index (κ1) is 13.1. The van der Waals surface area contributed by atoms with Gasteiger partial charge in [-0.3, -0.25) is 14.9 Å². The van der Waals surface area contributed by atoms with Gasteiger partial charge in [0.2, 0.25) is 5.91 Å². The topological polar surface area (TPSA) is 124 Å². The van der Waals surface area contributed by atoms with Crippen LogP contribution in [0, 0.1) is 10.1 Å². The van der Waals surface area contributed by atoms with Crippen LogP contribution in [0.3, 0.4) is 0 Å². The Hall–Kier alpha value is -1.99. The van der Waals surface area contributed by atoms with Gasteiger partial charge in [0, 0.05) is 25.2 Å². The summed E-state index contributed by atoms with van der Waals surface area (Å²) in [5.74, 6) is -0.568. The SMILES string of the molecule is NC(=O)C(N)CNCc1ccc([N+](=O)[O-])cc1. The van der Waals surface area contributed by atoms with Gasteiger partial charge in [-0.15, -0.1) is 0 Å². The number of amides is 1. The maximum atomic E-state index is 10.6. The van der Waals surface area contributed by atoms with Crippen molar-refractivity contribution in [3.05, 3.63) is 39.9 Å². The van der Waals surface area contributed by atoms with Crippen molar-refractivity contribution in [1.82, 2.24) is 5.32 Å². The van der Waals surface area contributed by atoms with Crippen molar-refractivity contribution in [2.75, 3.05) is 6.54 Å². The Morgan fingerprint density at radius 3 is 2.47 bits per heavy atom. The van der Waals surface area contributed by atoms with Crippen LogP contribution in [0.2, 0.25) is 0 Å². The van der Waals surface area contributed by atoms with Crippen molar-refractivity contribution < 1.29 is 9.72 Å². The van der Waals surface area contributed by atoms with Crippen molar-refractivity contribution >= 4 is 11.6 Å². The predicted octanol–water partition coefficient (Wildman–Crippen LogP) is -0.503. The maximum Gasteiger partial charge on any atom is 0.269 e. The van der Waals surface area contributed by atoms with Gasteiger partial charge < -0.3 is 16.8 Å². The average Bonchev–Trinajstić information content (AvgIpc) is 2.29. The number of nitrogens with zero attached hydrogens (tertiary/aromatic N) is 1. The van der Waals surface area contributed by atoms with Crippen LogP contribution in [-0.2, 0) is 11.3 Å². The number of hydrogen-bond donors (Lipinski definition) is 3. The summed E-state index contributed by atoms with van der Waals surface area (Å²) in [7, 11) is 0. The number of non-ortho nitro benzene ring substituents is 1. The molecule has 1 aromatic rings. The summed E-state index contributed by atoms with van der Waals surface area (Å²) < 4.78 is 0. The standard InChI is InChI=1S/C10H14N4O3/c11-9(10(12)15)6-13-5-7-1-3-8(4-2-7)14(16)17/h1-4,9,13H,5-6,11H2,(H2,12,15). The van der Waals surface area contributed by atoms with E-state index in [9.17, 15) is 14.9 Å². The van der Waals surface area contributed by atoms with E-state index in [1.54, 1.807) is 12.1 Å². The fourth-order valence-electron chi connectivity index (χ4n) is 1.21. The maximum absolute atomic E-state index is 10.6. The molecule has 92 valence electrons. The van der Waals surface area contributed by atoms with Crippen molar-refractivity contribution in [2.45, 2.75) is 12.6 Å². The van der Waals surface area contributed by atoms with E-state index in [2.05, 4.69) is 5.32 Å². The highest BCUT2D eigenvalue weighted by Gasteiger charge is 2.08. The molecule has 5 N–H and O–H groups in total. The van der Waals surface area contributed by atoms with E-state index in [0.717, 1.165) is 5.56 Å². The molecule has 1 aromatic carbocycles. The van der Waals surface area contributed by atoms with E-state index >= 15 is 0 Å². The zero-order valence-electron chi connectivity index (χ0n) is 9.13. The molecule has 0 aliphatic rings. The lowest BCUT2D eigenvalue weighted by Crippen LogP contribution is -2.44. The lowest BCUT2D eigenvalue weighted by molar-refractivity contribution is -0.384. The molecule has 0 aromatic heterocycles. The smallest absolute Gasteiger partial charge is 0.269 e. The largest absolute Gasteiger partial charge is 0.368 e. The first-order valence-corrected chi connectivity index (χ1v) is 4.99. The third-order valence-corrected chi connectivity index (χ3v) is 2.21. The molecule has 0 fully saturated rings. The van der Waals surface area contributed by atoms with Gasteiger partial charge in [-0.25, -0.2) is 0 Å². The second-order valence-corrected chi connectivity index (χ2v) is 3.56. The molecule has 7 nitrogen and oxygen atoms in total. The number of nitrogens with two attached hydrogens (primary N) is 2. The van der Waals surface area contributed by atoms with Gasteiger partial charge in [-0.05, 0) is 5.56 Å². The van der Waals surface area contributed by atoms with Crippen LogP contribution in [-0.4, -0.2) is 23.4 Å². The summed E-state index contributed by atoms with van der Waals surface area (Å²) in [5, 5.41) is 13.3. The minimum atomic E-state index is -0.729. The molecule has 17 heavy (non-hydrogen) atoms. The summed E-state index contributed by atoms with van der Waals surface area (Å²) in [6, 6.07) is 5.39. The Morgan fingerprint density at radius 1 is 1.41 bits per heavy atom. The van der Waals surface area contributed by atoms with Crippen LogP contribution in [0.4, 0.5) is 5.69 Å². The van der Waals surface area contributed by atoms with Crippen molar-refractivity contribution in [3.63, 3.8) is 0 Å². The van der Waals surface area contributed by atoms with Crippen molar-refractivity contribution in [2.24, 2.45) is 11.5 Å². The van der Waals surface area contributed by atoms with E-state index in [4.69, 9.17) is 11.5 Å². The normalized spacial score (nSPS) is 12.1. The Morgan fingerprint density at radius 2 is 2.00 bits per heavy atom. The summed E-state index contributed by atoms with van der Waals surface area (Å²) in [6.07, 6.45) is 0. The van der Waals surface area contributed by atoms with E-state index in [-0.39, 0.29) is 12.2 Å². The minimum absolute atomic E-state index is 0.0441. The number of nitrogens with one attached hydrogen (secondary N) is 1. The molecular formula is C10H14N4O3. The van der Waals surface area contributed by atoms with Crippen LogP contribution in [0.25, 0.3) is 0 Å². The number of primary amides is 1. The van der Waals surface area contributed by atoms with E-state index in [1.807, 2.05) is 0 Å². The van der Waals surface area contributed by atoms with Gasteiger partial charge in [0.05, 0.1) is 11.0 Å². The Balaban J connectivity index is 2.42. The molecule has 1 unspecified atom stereocenters. The number of nitro groups is 1. The molecule has 0 heterocycles. The number of benzene rings is 1. The van der Waals surface area contributed by atoms with Crippen LogP contribution < -0.4 is 16.8 Å². The van der Waals surface area contributed by atoms with Gasteiger partial charge in [-0.1, -0.05) is 12.1 Å². The number of carbonyl (C=O) groups is 1. The van der Waals surface area contributed by atoms with Crippen LogP contribution in [0.15, 0.2) is 24.3 Å². The highest BCUT2D eigenvalue weighted by Crippen LogP contribution is 2.11. The fraction of sp³-hybridized carbons (Fsp3) is 0.300. The van der Waals surface area contributed by atoms with Crippen LogP contribution in [0.1, 0.15) is 5.56 Å². The number of rotatable bonds is 6. The van der Waals surface area contributed by atoms with Gasteiger partial charge >= 0.3 is 0 Å². The highest BCUT2D eigenvalue weighted by molar-refractivity contribution is 5.79. The fourth-order valence-corrected chi connectivity index (χ4v) is 1.21. The summed E-state index contributed by atoms with van der Waals surface area (Å²) in [4.78, 5) is 20.6. The molecule has 0 spiro atoms. The zero-order valence-corrected chi connectivity index (χ0v) is 9.13. The molecule has 0 radical (unpaired) electrons. The summed E-state index contributed by atoms with van der Waals surface area (Å²) >= 11 is 0. The molecule has 0 aliphatic carbocycles. The van der Waals surface area contributed by atoms with Crippen molar-refractivity contribution in [3.8, 4) is 0 Å². The number of carbonyl (C=O) groups excluding carboxylic acids is 1. The Labute approximate surface area is 97.9 Å². The van der Waals surface area contributed by atoms with Gasteiger partial charge in [0.1, 0.15) is 0 Å². The predicted molar refractivity (Wildman–Crippen MR) is 62.0 cm³/mol. The number of nitro benzene ring substituents is 1. The highest BCUT2D eigenvalue weighted by atomic mass is 16.6. The average molecular weight is 238 g/mol. The van der Waals surface area contributed by atoms with Crippen molar-refractivity contribution in [1.29, 1.82) is 0 Å². The molecule has 7 heteroatoms. The lowest BCUT2D eigenvalue weighted by atomic mass is 10.2. The molecular weight excluding hydrogens is 224 g/mol. The first-order valence-electron chi connectivity index (χ1n) is 4.99. The Kier molecular flexibility index (Phi) is 4.56. The van der Waals surface area contributed by atoms with E-state index in [0.29, 0.717) is 6.54 Å². The zero-order chi connectivity index (χ0) is 12.8. The molecule has 0 bridgehead atoms. The third kappa shape index (κ3) is 4.17. The second kappa shape index (κ2) is 5.92. The summed E-state index contributed by atoms with van der Waals surface area (Å²) in [5.41, 5.74) is 11.3. The van der Waals surface area contributed by atoms with E-state index in [1.165, 1.54) is 12.1 Å². The summed E-state index contributed by atoms with van der Waals surface area (Å²) in [6.45, 7) is 0.741. The van der Waals surface area contributed by atoms with Crippen LogP contribution >= 0.6 is 0 Å². The minimum Gasteiger partial charge on any atom is -0.368 e. The van der Waals surface area contributed by atoms with Crippen LogP contribution in [0.5, 0.6) is 0 Å². The third-order valence-electron chi connectivity index (χ3n) is 2.21. The first-order chi connectivity index (χ1) is 8.00. The molecule has 1 rings (SSSR count). The lowest BCUT2D eigenvalue weighted by Gasteiger charge is -2.08. The van der Waals surface area contributed by atoms with Gasteiger partial charge in [-0.2, -0.15) is 0 Å². The van der Waals surface area contributed by atoms with Gasteiger partial charge in [0.25, 0.3) is 5.69 Å². The quantitative estimate of drug-likeness (QED) is 0.455. The molecule has 0 aliphatic heterocycles. The monoisotopic (exact) mass is 238 g/mol. The molecule has 1 atom stereocenters. The molecule has 0 saturated heterocycles. The van der Waals surface area contributed by atoms with Gasteiger partial charge in [0.15, 0.2) is 0 Å².